The van der Waals surface area contributed by atoms with Crippen molar-refractivity contribution >= 4 is 5.78 Å². The van der Waals surface area contributed by atoms with Crippen molar-refractivity contribution in [2.24, 2.45) is 0 Å². The van der Waals surface area contributed by atoms with Gasteiger partial charge in [-0.2, -0.15) is 0 Å². The molecule has 0 spiro atoms. The Bertz CT molecular complexity index is 554. The van der Waals surface area contributed by atoms with Crippen LogP contribution in [-0.4, -0.2) is 5.78 Å². The Morgan fingerprint density at radius 3 is 2.00 bits per heavy atom. The minimum atomic E-state index is 0.136. The number of carbonyl (C=O) groups is 1. The highest BCUT2D eigenvalue weighted by Gasteiger charge is 2.39. The smallest absolute Gasteiger partial charge is 0.159 e. The van der Waals surface area contributed by atoms with E-state index in [9.17, 15) is 4.79 Å². The van der Waals surface area contributed by atoms with Crippen LogP contribution in [0.2, 0.25) is 0 Å². The van der Waals surface area contributed by atoms with Gasteiger partial charge < -0.3 is 0 Å². The summed E-state index contributed by atoms with van der Waals surface area (Å²) in [5.41, 5.74) is 3.59. The Hall–Kier alpha value is -1.89. The lowest BCUT2D eigenvalue weighted by Crippen LogP contribution is -1.92. The first kappa shape index (κ1) is 11.2. The van der Waals surface area contributed by atoms with Crippen molar-refractivity contribution in [3.05, 3.63) is 71.3 Å². The predicted octanol–water partition coefficient (Wildman–Crippen LogP) is 4.16. The lowest BCUT2D eigenvalue weighted by molar-refractivity contribution is 0.101. The third-order valence-corrected chi connectivity index (χ3v) is 3.76. The van der Waals surface area contributed by atoms with Crippen molar-refractivity contribution < 1.29 is 4.79 Å². The molecule has 18 heavy (non-hydrogen) atoms. The molecule has 0 aliphatic heterocycles. The van der Waals surface area contributed by atoms with E-state index in [-0.39, 0.29) is 5.78 Å². The normalized spacial score (nSPS) is 21.6. The molecule has 90 valence electrons. The number of carbonyl (C=O) groups excluding carboxylic acids is 1. The maximum atomic E-state index is 11.2. The third kappa shape index (κ3) is 2.08. The monoisotopic (exact) mass is 236 g/mol. The summed E-state index contributed by atoms with van der Waals surface area (Å²) in [5.74, 6) is 1.43. The van der Waals surface area contributed by atoms with Crippen LogP contribution in [0.4, 0.5) is 0 Å². The van der Waals surface area contributed by atoms with Crippen LogP contribution in [0.25, 0.3) is 0 Å². The topological polar surface area (TPSA) is 17.1 Å². The van der Waals surface area contributed by atoms with Gasteiger partial charge in [0.1, 0.15) is 0 Å². The number of rotatable bonds is 3. The van der Waals surface area contributed by atoms with E-state index in [1.165, 1.54) is 17.5 Å². The van der Waals surface area contributed by atoms with Gasteiger partial charge in [0.15, 0.2) is 5.78 Å². The highest BCUT2D eigenvalue weighted by atomic mass is 16.1. The van der Waals surface area contributed by atoms with Crippen LogP contribution in [0.1, 0.15) is 46.7 Å². The largest absolute Gasteiger partial charge is 0.295 e. The molecule has 1 saturated carbocycles. The molecule has 0 aromatic heterocycles. The Labute approximate surface area is 107 Å². The molecule has 1 nitrogen and oxygen atoms in total. The molecule has 1 aliphatic carbocycles. The summed E-state index contributed by atoms with van der Waals surface area (Å²) in [7, 11) is 0. The zero-order valence-corrected chi connectivity index (χ0v) is 10.5. The highest BCUT2D eigenvalue weighted by molar-refractivity contribution is 5.94. The fourth-order valence-electron chi connectivity index (χ4n) is 2.60. The first-order chi connectivity index (χ1) is 8.75. The van der Waals surface area contributed by atoms with Gasteiger partial charge in [0.05, 0.1) is 0 Å². The van der Waals surface area contributed by atoms with E-state index in [2.05, 4.69) is 42.5 Å². The van der Waals surface area contributed by atoms with Crippen LogP contribution in [0, 0.1) is 0 Å². The second-order valence-corrected chi connectivity index (χ2v) is 5.04. The van der Waals surface area contributed by atoms with Gasteiger partial charge in [0, 0.05) is 5.56 Å². The van der Waals surface area contributed by atoms with E-state index in [1.807, 2.05) is 12.1 Å². The summed E-state index contributed by atoms with van der Waals surface area (Å²) < 4.78 is 0. The zero-order valence-electron chi connectivity index (χ0n) is 10.5. The third-order valence-electron chi connectivity index (χ3n) is 3.76. The number of ketones is 1. The van der Waals surface area contributed by atoms with Crippen molar-refractivity contribution in [2.75, 3.05) is 0 Å². The molecule has 0 amide bonds. The molecule has 1 aliphatic rings. The van der Waals surface area contributed by atoms with Crippen LogP contribution >= 0.6 is 0 Å². The van der Waals surface area contributed by atoms with E-state index in [1.54, 1.807) is 6.92 Å². The van der Waals surface area contributed by atoms with Gasteiger partial charge in [-0.3, -0.25) is 4.79 Å². The molecule has 3 rings (SSSR count). The Kier molecular flexibility index (Phi) is 2.75. The van der Waals surface area contributed by atoms with Crippen molar-refractivity contribution in [3.63, 3.8) is 0 Å². The predicted molar refractivity (Wildman–Crippen MR) is 73.0 cm³/mol. The lowest BCUT2D eigenvalue weighted by atomic mass is 10.0. The SMILES string of the molecule is CC(=O)c1ccc([C@H]2C[C@H]2c2ccccc2)cc1. The molecule has 1 fully saturated rings. The molecule has 2 aromatic rings. The molecule has 0 N–H and O–H groups in total. The summed E-state index contributed by atoms with van der Waals surface area (Å²) in [4.78, 5) is 11.2. The van der Waals surface area contributed by atoms with Crippen molar-refractivity contribution in [1.29, 1.82) is 0 Å². The van der Waals surface area contributed by atoms with Gasteiger partial charge in [0.2, 0.25) is 0 Å². The van der Waals surface area contributed by atoms with Gasteiger partial charge in [0.25, 0.3) is 0 Å². The quantitative estimate of drug-likeness (QED) is 0.731. The van der Waals surface area contributed by atoms with Crippen LogP contribution in [-0.2, 0) is 0 Å². The average Bonchev–Trinajstić information content (AvgIpc) is 3.20. The van der Waals surface area contributed by atoms with Gasteiger partial charge in [-0.1, -0.05) is 54.6 Å². The van der Waals surface area contributed by atoms with E-state index in [4.69, 9.17) is 0 Å². The fraction of sp³-hybridized carbons (Fsp3) is 0.235. The molecule has 0 saturated heterocycles. The van der Waals surface area contributed by atoms with E-state index in [0.717, 1.165) is 5.56 Å². The molecule has 0 unspecified atom stereocenters. The second kappa shape index (κ2) is 4.41. The highest BCUT2D eigenvalue weighted by Crippen LogP contribution is 2.54. The summed E-state index contributed by atoms with van der Waals surface area (Å²) in [6.45, 7) is 1.61. The van der Waals surface area contributed by atoms with Crippen LogP contribution in [0.5, 0.6) is 0 Å². The van der Waals surface area contributed by atoms with Crippen molar-refractivity contribution in [3.8, 4) is 0 Å². The van der Waals surface area contributed by atoms with E-state index < -0.39 is 0 Å². The molecule has 1 heteroatoms. The Morgan fingerprint density at radius 2 is 1.44 bits per heavy atom. The fourth-order valence-corrected chi connectivity index (χ4v) is 2.60. The minimum Gasteiger partial charge on any atom is -0.295 e. The zero-order chi connectivity index (χ0) is 12.5. The maximum absolute atomic E-state index is 11.2. The van der Waals surface area contributed by atoms with Gasteiger partial charge in [-0.25, -0.2) is 0 Å². The Balaban J connectivity index is 1.77. The molecule has 0 radical (unpaired) electrons. The van der Waals surface area contributed by atoms with Gasteiger partial charge in [-0.15, -0.1) is 0 Å². The molecule has 0 heterocycles. The van der Waals surface area contributed by atoms with E-state index in [0.29, 0.717) is 11.8 Å². The first-order valence-electron chi connectivity index (χ1n) is 6.41. The number of Topliss-reactive ketones (excluding diaryl/α,β-unsaturated/α-hetero) is 1. The van der Waals surface area contributed by atoms with Crippen molar-refractivity contribution in [1.82, 2.24) is 0 Å². The number of hydrogen-bond acceptors (Lipinski definition) is 1. The summed E-state index contributed by atoms with van der Waals surface area (Å²) in [6.07, 6.45) is 1.23. The minimum absolute atomic E-state index is 0.136. The summed E-state index contributed by atoms with van der Waals surface area (Å²) in [5, 5.41) is 0. The molecular formula is C17H16O. The molecular weight excluding hydrogens is 220 g/mol. The molecule has 2 aromatic carbocycles. The second-order valence-electron chi connectivity index (χ2n) is 5.04. The standard InChI is InChI=1S/C17H16O/c1-12(18)13-7-9-15(10-8-13)17-11-16(17)14-5-3-2-4-6-14/h2-10,16-17H,11H2,1H3/t16-,17+/m0/s1. The first-order valence-corrected chi connectivity index (χ1v) is 6.41. The van der Waals surface area contributed by atoms with Gasteiger partial charge >= 0.3 is 0 Å². The lowest BCUT2D eigenvalue weighted by Gasteiger charge is -2.02. The van der Waals surface area contributed by atoms with Crippen molar-refractivity contribution in [2.45, 2.75) is 25.2 Å². The number of hydrogen-bond donors (Lipinski definition) is 0. The summed E-state index contributed by atoms with van der Waals surface area (Å²) >= 11 is 0. The Morgan fingerprint density at radius 1 is 0.889 bits per heavy atom. The molecule has 0 bridgehead atoms. The molecule has 2 atom stereocenters. The van der Waals surface area contributed by atoms with Crippen LogP contribution in [0.3, 0.4) is 0 Å². The average molecular weight is 236 g/mol. The maximum Gasteiger partial charge on any atom is 0.159 e. The summed E-state index contributed by atoms with van der Waals surface area (Å²) in [6, 6.07) is 18.8. The van der Waals surface area contributed by atoms with Crippen LogP contribution in [0.15, 0.2) is 54.6 Å². The van der Waals surface area contributed by atoms with E-state index >= 15 is 0 Å². The number of benzene rings is 2. The van der Waals surface area contributed by atoms with Gasteiger partial charge in [-0.05, 0) is 36.3 Å². The van der Waals surface area contributed by atoms with Crippen LogP contribution < -0.4 is 0 Å².